The number of ether oxygens (including phenoxy) is 1. The van der Waals surface area contributed by atoms with Crippen molar-refractivity contribution in [3.05, 3.63) is 48.3 Å². The molecule has 2 aromatic carbocycles. The van der Waals surface area contributed by atoms with Crippen LogP contribution in [0.3, 0.4) is 0 Å². The summed E-state index contributed by atoms with van der Waals surface area (Å²) in [5.41, 5.74) is 2.76. The summed E-state index contributed by atoms with van der Waals surface area (Å²) in [4.78, 5) is 22.0. The second-order valence-corrected chi connectivity index (χ2v) is 9.04. The van der Waals surface area contributed by atoms with Crippen LogP contribution in [0.15, 0.2) is 42.5 Å². The van der Waals surface area contributed by atoms with E-state index in [0.717, 1.165) is 72.4 Å². The van der Waals surface area contributed by atoms with Crippen molar-refractivity contribution in [2.75, 3.05) is 54.5 Å². The van der Waals surface area contributed by atoms with Gasteiger partial charge in [-0.2, -0.15) is 0 Å². The van der Waals surface area contributed by atoms with Gasteiger partial charge < -0.3 is 19.9 Å². The molecule has 0 bridgehead atoms. The number of piperidine rings is 1. The lowest BCUT2D eigenvalue weighted by atomic mass is 9.97. The van der Waals surface area contributed by atoms with Crippen molar-refractivity contribution in [1.29, 1.82) is 0 Å². The Morgan fingerprint density at radius 2 is 1.90 bits per heavy atom. The second-order valence-electron chi connectivity index (χ2n) is 8.03. The van der Waals surface area contributed by atoms with Gasteiger partial charge in [0, 0.05) is 37.6 Å². The topological polar surface area (TPSA) is 57.7 Å². The molecule has 0 spiro atoms. The van der Waals surface area contributed by atoms with E-state index in [1.165, 1.54) is 23.5 Å². The van der Waals surface area contributed by atoms with Crippen LogP contribution in [-0.4, -0.2) is 50.3 Å². The number of fused-ring (bicyclic) bond motifs is 1. The van der Waals surface area contributed by atoms with Crippen molar-refractivity contribution in [2.45, 2.75) is 12.8 Å². The summed E-state index contributed by atoms with van der Waals surface area (Å²) in [7, 11) is 0. The van der Waals surface area contributed by atoms with E-state index in [1.807, 2.05) is 24.3 Å². The lowest BCUT2D eigenvalue weighted by Crippen LogP contribution is -2.40. The highest BCUT2D eigenvalue weighted by Crippen LogP contribution is 2.32. The molecule has 3 aromatic rings. The molecule has 1 atom stereocenters. The number of hydrogen-bond acceptors (Lipinski definition) is 6. The highest BCUT2D eigenvalue weighted by atomic mass is 32.1. The predicted molar refractivity (Wildman–Crippen MR) is 123 cm³/mol. The number of rotatable bonds is 4. The molecule has 1 amide bonds. The first-order valence-corrected chi connectivity index (χ1v) is 11.5. The first-order valence-electron chi connectivity index (χ1n) is 10.7. The van der Waals surface area contributed by atoms with Crippen molar-refractivity contribution in [2.24, 2.45) is 5.92 Å². The fourth-order valence-electron chi connectivity index (χ4n) is 4.21. The van der Waals surface area contributed by atoms with Crippen molar-refractivity contribution in [3.8, 4) is 0 Å². The number of aromatic nitrogens is 1. The van der Waals surface area contributed by atoms with E-state index in [1.54, 1.807) is 6.07 Å². The number of nitrogens with one attached hydrogen (secondary N) is 1. The Morgan fingerprint density at radius 3 is 2.71 bits per heavy atom. The van der Waals surface area contributed by atoms with Gasteiger partial charge in [0.1, 0.15) is 5.82 Å². The number of halogens is 1. The number of morpholine rings is 1. The molecule has 31 heavy (non-hydrogen) atoms. The molecule has 162 valence electrons. The molecule has 2 fully saturated rings. The van der Waals surface area contributed by atoms with E-state index in [9.17, 15) is 9.18 Å². The van der Waals surface area contributed by atoms with E-state index in [0.29, 0.717) is 6.54 Å². The van der Waals surface area contributed by atoms with Crippen molar-refractivity contribution < 1.29 is 13.9 Å². The molecule has 2 saturated heterocycles. The summed E-state index contributed by atoms with van der Waals surface area (Å²) >= 11 is 1.48. The molecule has 0 radical (unpaired) electrons. The predicted octanol–water partition coefficient (Wildman–Crippen LogP) is 4.13. The summed E-state index contributed by atoms with van der Waals surface area (Å²) in [5, 5.41) is 3.93. The van der Waals surface area contributed by atoms with Gasteiger partial charge in [-0.25, -0.2) is 9.37 Å². The maximum Gasteiger partial charge on any atom is 0.229 e. The molecule has 2 aliphatic rings. The van der Waals surface area contributed by atoms with E-state index in [2.05, 4.69) is 20.1 Å². The highest BCUT2D eigenvalue weighted by molar-refractivity contribution is 7.22. The standard InChI is InChI=1S/C23H25FN4O2S/c24-17-3-8-20-21(14-17)31-23(26-20)28-9-1-2-16(15-28)22(29)25-18-4-6-19(7-5-18)27-10-12-30-13-11-27/h3-8,14,16H,1-2,9-13,15H2,(H,25,29). The van der Waals surface area contributed by atoms with Crippen molar-refractivity contribution in [1.82, 2.24) is 4.98 Å². The van der Waals surface area contributed by atoms with E-state index in [-0.39, 0.29) is 17.6 Å². The van der Waals surface area contributed by atoms with Gasteiger partial charge in [-0.3, -0.25) is 4.79 Å². The molecule has 2 aliphatic heterocycles. The van der Waals surface area contributed by atoms with Crippen LogP contribution in [-0.2, 0) is 9.53 Å². The molecule has 6 nitrogen and oxygen atoms in total. The van der Waals surface area contributed by atoms with E-state index >= 15 is 0 Å². The molecular formula is C23H25FN4O2S. The van der Waals surface area contributed by atoms with Crippen molar-refractivity contribution >= 4 is 44.0 Å². The average molecular weight is 441 g/mol. The van der Waals surface area contributed by atoms with Gasteiger partial charge in [-0.05, 0) is 55.3 Å². The number of hydrogen-bond donors (Lipinski definition) is 1. The van der Waals surface area contributed by atoms with Crippen molar-refractivity contribution in [3.63, 3.8) is 0 Å². The first kappa shape index (κ1) is 20.2. The van der Waals surface area contributed by atoms with Gasteiger partial charge in [0.15, 0.2) is 5.13 Å². The summed E-state index contributed by atoms with van der Waals surface area (Å²) < 4.78 is 19.7. The molecular weight excluding hydrogens is 415 g/mol. The lowest BCUT2D eigenvalue weighted by Gasteiger charge is -2.31. The van der Waals surface area contributed by atoms with Gasteiger partial charge in [0.05, 0.1) is 29.3 Å². The van der Waals surface area contributed by atoms with Crippen LogP contribution < -0.4 is 15.1 Å². The summed E-state index contributed by atoms with van der Waals surface area (Å²) in [6.45, 7) is 4.77. The molecule has 0 aliphatic carbocycles. The molecule has 3 heterocycles. The van der Waals surface area contributed by atoms with Crippen LogP contribution in [0.5, 0.6) is 0 Å². The molecule has 8 heteroatoms. The Balaban J connectivity index is 1.23. The third kappa shape index (κ3) is 4.50. The van der Waals surface area contributed by atoms with Crippen LogP contribution in [0.2, 0.25) is 0 Å². The zero-order valence-corrected chi connectivity index (χ0v) is 18.0. The zero-order valence-electron chi connectivity index (χ0n) is 17.2. The quantitative estimate of drug-likeness (QED) is 0.661. The number of benzene rings is 2. The Morgan fingerprint density at radius 1 is 1.10 bits per heavy atom. The third-order valence-electron chi connectivity index (χ3n) is 5.91. The summed E-state index contributed by atoms with van der Waals surface area (Å²) in [6.07, 6.45) is 1.78. The normalized spacial score (nSPS) is 19.6. The maximum atomic E-state index is 13.5. The minimum atomic E-state index is -0.252. The third-order valence-corrected chi connectivity index (χ3v) is 6.99. The first-order chi connectivity index (χ1) is 15.2. The van der Waals surface area contributed by atoms with E-state index < -0.39 is 0 Å². The molecule has 1 aromatic heterocycles. The van der Waals surface area contributed by atoms with Gasteiger partial charge in [-0.15, -0.1) is 0 Å². The number of carbonyl (C=O) groups excluding carboxylic acids is 1. The molecule has 0 saturated carbocycles. The maximum absolute atomic E-state index is 13.5. The van der Waals surface area contributed by atoms with Gasteiger partial charge in [0.25, 0.3) is 0 Å². The highest BCUT2D eigenvalue weighted by Gasteiger charge is 2.27. The number of carbonyl (C=O) groups is 1. The summed E-state index contributed by atoms with van der Waals surface area (Å²) in [5.74, 6) is -0.314. The lowest BCUT2D eigenvalue weighted by molar-refractivity contribution is -0.120. The minimum absolute atomic E-state index is 0.0379. The van der Waals surface area contributed by atoms with Gasteiger partial charge >= 0.3 is 0 Å². The monoisotopic (exact) mass is 440 g/mol. The minimum Gasteiger partial charge on any atom is -0.378 e. The van der Waals surface area contributed by atoms with Gasteiger partial charge in [0.2, 0.25) is 5.91 Å². The van der Waals surface area contributed by atoms with Crippen LogP contribution in [0, 0.1) is 11.7 Å². The number of amides is 1. The molecule has 1 unspecified atom stereocenters. The largest absolute Gasteiger partial charge is 0.378 e. The van der Waals surface area contributed by atoms with E-state index in [4.69, 9.17) is 4.74 Å². The smallest absolute Gasteiger partial charge is 0.229 e. The van der Waals surface area contributed by atoms with Crippen LogP contribution in [0.4, 0.5) is 20.9 Å². The van der Waals surface area contributed by atoms with Crippen LogP contribution >= 0.6 is 11.3 Å². The second kappa shape index (κ2) is 8.80. The zero-order chi connectivity index (χ0) is 21.2. The van der Waals surface area contributed by atoms with Crippen LogP contribution in [0.1, 0.15) is 12.8 Å². The number of thiazole rings is 1. The molecule has 5 rings (SSSR count). The fraction of sp³-hybridized carbons (Fsp3) is 0.391. The van der Waals surface area contributed by atoms with Crippen LogP contribution in [0.25, 0.3) is 10.2 Å². The fourth-order valence-corrected chi connectivity index (χ4v) is 5.23. The Labute approximate surface area is 184 Å². The molecule has 1 N–H and O–H groups in total. The summed E-state index contributed by atoms with van der Waals surface area (Å²) in [6, 6.07) is 12.7. The average Bonchev–Trinajstić information content (AvgIpc) is 3.23. The number of nitrogens with zero attached hydrogens (tertiary/aromatic N) is 3. The Bertz CT molecular complexity index is 1070. The SMILES string of the molecule is O=C(Nc1ccc(N2CCOCC2)cc1)C1CCCN(c2nc3ccc(F)cc3s2)C1. The Kier molecular flexibility index (Phi) is 5.74. The van der Waals surface area contributed by atoms with Gasteiger partial charge in [-0.1, -0.05) is 11.3 Å². The Hall–Kier alpha value is -2.71. The number of anilines is 3.